The lowest BCUT2D eigenvalue weighted by Crippen LogP contribution is -2.38. The molecule has 3 nitrogen and oxygen atoms in total. The lowest BCUT2D eigenvalue weighted by atomic mass is 9.85. The highest BCUT2D eigenvalue weighted by atomic mass is 14.9. The van der Waals surface area contributed by atoms with Gasteiger partial charge in [0.2, 0.25) is 0 Å². The third-order valence-electron chi connectivity index (χ3n) is 2.50. The monoisotopic (exact) mass is 207 g/mol. The Labute approximate surface area is 92.1 Å². The Hall–Kier alpha value is -0.930. The molecular weight excluding hydrogens is 186 g/mol. The molecule has 1 aromatic rings. The quantitative estimate of drug-likeness (QED) is 0.765. The zero-order chi connectivity index (χ0) is 11.3. The Morgan fingerprint density at radius 1 is 1.40 bits per heavy atom. The molecule has 1 heterocycles. The van der Waals surface area contributed by atoms with Crippen LogP contribution in [0, 0.1) is 0 Å². The van der Waals surface area contributed by atoms with E-state index < -0.39 is 0 Å². The SMILES string of the molecule is CC(N)CNCC(C)(C)c1ccncc1. The molecular formula is C12H21N3. The Balaban J connectivity index is 2.52. The van der Waals surface area contributed by atoms with Gasteiger partial charge >= 0.3 is 0 Å². The summed E-state index contributed by atoms with van der Waals surface area (Å²) >= 11 is 0. The zero-order valence-corrected chi connectivity index (χ0v) is 9.83. The minimum absolute atomic E-state index is 0.123. The lowest BCUT2D eigenvalue weighted by Gasteiger charge is -2.26. The molecule has 1 aromatic heterocycles. The van der Waals surface area contributed by atoms with Gasteiger partial charge in [-0.25, -0.2) is 0 Å². The first-order valence-electron chi connectivity index (χ1n) is 5.39. The van der Waals surface area contributed by atoms with Crippen molar-refractivity contribution in [2.24, 2.45) is 5.73 Å². The first kappa shape index (κ1) is 12.1. The van der Waals surface area contributed by atoms with E-state index >= 15 is 0 Å². The average Bonchev–Trinajstić information content (AvgIpc) is 2.18. The molecule has 84 valence electrons. The Morgan fingerprint density at radius 3 is 2.53 bits per heavy atom. The van der Waals surface area contributed by atoms with Crippen LogP contribution < -0.4 is 11.1 Å². The highest BCUT2D eigenvalue weighted by molar-refractivity contribution is 5.20. The molecule has 0 saturated heterocycles. The Bertz CT molecular complexity index is 280. The molecule has 0 aliphatic heterocycles. The molecule has 1 unspecified atom stereocenters. The molecule has 0 bridgehead atoms. The van der Waals surface area contributed by atoms with E-state index in [-0.39, 0.29) is 11.5 Å². The fourth-order valence-electron chi connectivity index (χ4n) is 1.52. The van der Waals surface area contributed by atoms with E-state index in [0.29, 0.717) is 0 Å². The van der Waals surface area contributed by atoms with Gasteiger partial charge in [-0.15, -0.1) is 0 Å². The third kappa shape index (κ3) is 3.98. The largest absolute Gasteiger partial charge is 0.327 e. The van der Waals surface area contributed by atoms with E-state index in [4.69, 9.17) is 5.73 Å². The van der Waals surface area contributed by atoms with Crippen LogP contribution in [0.4, 0.5) is 0 Å². The molecule has 0 aliphatic carbocycles. The molecule has 0 saturated carbocycles. The van der Waals surface area contributed by atoms with Crippen molar-refractivity contribution in [1.29, 1.82) is 0 Å². The maximum atomic E-state index is 5.69. The number of nitrogens with zero attached hydrogens (tertiary/aromatic N) is 1. The summed E-state index contributed by atoms with van der Waals surface area (Å²) < 4.78 is 0. The number of aromatic nitrogens is 1. The molecule has 0 radical (unpaired) electrons. The van der Waals surface area contributed by atoms with Gasteiger partial charge < -0.3 is 11.1 Å². The van der Waals surface area contributed by atoms with Gasteiger partial charge in [-0.2, -0.15) is 0 Å². The van der Waals surface area contributed by atoms with Crippen molar-refractivity contribution >= 4 is 0 Å². The first-order valence-corrected chi connectivity index (χ1v) is 5.39. The predicted molar refractivity (Wildman–Crippen MR) is 63.8 cm³/mol. The summed E-state index contributed by atoms with van der Waals surface area (Å²) in [6, 6.07) is 4.33. The van der Waals surface area contributed by atoms with Crippen molar-refractivity contribution in [2.45, 2.75) is 32.2 Å². The van der Waals surface area contributed by atoms with Gasteiger partial charge in [0.15, 0.2) is 0 Å². The number of nitrogens with one attached hydrogen (secondary N) is 1. The lowest BCUT2D eigenvalue weighted by molar-refractivity contribution is 0.458. The third-order valence-corrected chi connectivity index (χ3v) is 2.50. The van der Waals surface area contributed by atoms with Gasteiger partial charge in [-0.3, -0.25) is 4.98 Å². The highest BCUT2D eigenvalue weighted by Gasteiger charge is 2.19. The second kappa shape index (κ2) is 5.24. The van der Waals surface area contributed by atoms with E-state index in [0.717, 1.165) is 13.1 Å². The molecule has 15 heavy (non-hydrogen) atoms. The number of hydrogen-bond acceptors (Lipinski definition) is 3. The van der Waals surface area contributed by atoms with Crippen molar-refractivity contribution in [2.75, 3.05) is 13.1 Å². The summed E-state index contributed by atoms with van der Waals surface area (Å²) in [7, 11) is 0. The van der Waals surface area contributed by atoms with Crippen molar-refractivity contribution < 1.29 is 0 Å². The van der Waals surface area contributed by atoms with Crippen molar-refractivity contribution in [3.8, 4) is 0 Å². The van der Waals surface area contributed by atoms with Crippen molar-refractivity contribution in [3.63, 3.8) is 0 Å². The van der Waals surface area contributed by atoms with Gasteiger partial charge in [0.25, 0.3) is 0 Å². The summed E-state index contributed by atoms with van der Waals surface area (Å²) in [4.78, 5) is 4.03. The fourth-order valence-corrected chi connectivity index (χ4v) is 1.52. The average molecular weight is 207 g/mol. The van der Waals surface area contributed by atoms with Crippen LogP contribution in [0.5, 0.6) is 0 Å². The maximum absolute atomic E-state index is 5.69. The topological polar surface area (TPSA) is 50.9 Å². The number of pyridine rings is 1. The second-order valence-corrected chi connectivity index (χ2v) is 4.73. The highest BCUT2D eigenvalue weighted by Crippen LogP contribution is 2.20. The summed E-state index contributed by atoms with van der Waals surface area (Å²) in [6.07, 6.45) is 3.67. The van der Waals surface area contributed by atoms with Crippen LogP contribution in [-0.4, -0.2) is 24.1 Å². The van der Waals surface area contributed by atoms with Crippen molar-refractivity contribution in [3.05, 3.63) is 30.1 Å². The molecule has 0 aliphatic rings. The normalized spacial score (nSPS) is 13.9. The second-order valence-electron chi connectivity index (χ2n) is 4.73. The summed E-state index contributed by atoms with van der Waals surface area (Å²) in [6.45, 7) is 8.23. The number of rotatable bonds is 5. The van der Waals surface area contributed by atoms with E-state index in [9.17, 15) is 0 Å². The molecule has 1 rings (SSSR count). The molecule has 0 spiro atoms. The van der Waals surface area contributed by atoms with Crippen LogP contribution in [0.1, 0.15) is 26.3 Å². The molecule has 3 N–H and O–H groups in total. The van der Waals surface area contributed by atoms with Gasteiger partial charge in [0, 0.05) is 36.9 Å². The van der Waals surface area contributed by atoms with E-state index in [2.05, 4.69) is 36.3 Å². The summed E-state index contributed by atoms with van der Waals surface area (Å²) in [5.74, 6) is 0. The summed E-state index contributed by atoms with van der Waals surface area (Å²) in [5, 5.41) is 3.38. The minimum Gasteiger partial charge on any atom is -0.327 e. The van der Waals surface area contributed by atoms with E-state index in [1.165, 1.54) is 5.56 Å². The van der Waals surface area contributed by atoms with Gasteiger partial charge in [-0.05, 0) is 24.6 Å². The number of nitrogens with two attached hydrogens (primary N) is 1. The predicted octanol–water partition coefficient (Wildman–Crippen LogP) is 1.30. The van der Waals surface area contributed by atoms with E-state index in [1.807, 2.05) is 19.3 Å². The van der Waals surface area contributed by atoms with Crippen LogP contribution in [0.15, 0.2) is 24.5 Å². The van der Waals surface area contributed by atoms with Gasteiger partial charge in [0.1, 0.15) is 0 Å². The standard InChI is InChI=1S/C12H21N3/c1-10(13)8-15-9-12(2,3)11-4-6-14-7-5-11/h4-7,10,15H,8-9,13H2,1-3H3. The first-order chi connectivity index (χ1) is 7.02. The van der Waals surface area contributed by atoms with Crippen molar-refractivity contribution in [1.82, 2.24) is 10.3 Å². The van der Waals surface area contributed by atoms with Crippen LogP contribution in [0.25, 0.3) is 0 Å². The summed E-state index contributed by atoms with van der Waals surface area (Å²) in [5.41, 5.74) is 7.11. The Morgan fingerprint density at radius 2 is 2.00 bits per heavy atom. The smallest absolute Gasteiger partial charge is 0.0270 e. The fraction of sp³-hybridized carbons (Fsp3) is 0.583. The number of hydrogen-bond donors (Lipinski definition) is 2. The van der Waals surface area contributed by atoms with Gasteiger partial charge in [-0.1, -0.05) is 13.8 Å². The molecule has 3 heteroatoms. The molecule has 1 atom stereocenters. The van der Waals surface area contributed by atoms with Gasteiger partial charge in [0.05, 0.1) is 0 Å². The van der Waals surface area contributed by atoms with Crippen LogP contribution >= 0.6 is 0 Å². The minimum atomic E-state index is 0.123. The van der Waals surface area contributed by atoms with Crippen LogP contribution in [0.2, 0.25) is 0 Å². The molecule has 0 fully saturated rings. The maximum Gasteiger partial charge on any atom is 0.0270 e. The van der Waals surface area contributed by atoms with E-state index in [1.54, 1.807) is 0 Å². The Kier molecular flexibility index (Phi) is 4.24. The van der Waals surface area contributed by atoms with Crippen LogP contribution in [-0.2, 0) is 5.41 Å². The molecule has 0 aromatic carbocycles. The van der Waals surface area contributed by atoms with Crippen LogP contribution in [0.3, 0.4) is 0 Å². The molecule has 0 amide bonds. The zero-order valence-electron chi connectivity index (χ0n) is 9.83.